The molecule has 1 aliphatic heterocycles. The van der Waals surface area contributed by atoms with Crippen LogP contribution in [0, 0.1) is 0 Å². The van der Waals surface area contributed by atoms with E-state index in [1.165, 1.54) is 17.9 Å². The van der Waals surface area contributed by atoms with Gasteiger partial charge in [0.25, 0.3) is 0 Å². The van der Waals surface area contributed by atoms with E-state index in [0.29, 0.717) is 10.8 Å². The number of carbonyl (C=O) groups excluding carboxylic acids is 1. The lowest BCUT2D eigenvalue weighted by Crippen LogP contribution is -2.30. The molecule has 0 aliphatic carbocycles. The van der Waals surface area contributed by atoms with Crippen LogP contribution in [0.5, 0.6) is 5.75 Å². The first-order chi connectivity index (χ1) is 13.1. The van der Waals surface area contributed by atoms with Crippen LogP contribution in [0.2, 0.25) is 10.0 Å². The van der Waals surface area contributed by atoms with Crippen molar-refractivity contribution in [2.45, 2.75) is 25.4 Å². The molecule has 1 heterocycles. The van der Waals surface area contributed by atoms with E-state index in [9.17, 15) is 18.0 Å². The minimum absolute atomic E-state index is 0.127. The molecule has 2 aromatic carbocycles. The van der Waals surface area contributed by atoms with Gasteiger partial charge in [-0.15, -0.1) is 0 Å². The quantitative estimate of drug-likeness (QED) is 0.653. The summed E-state index contributed by atoms with van der Waals surface area (Å²) in [5, 5.41) is 0.154. The molecule has 150 valence electrons. The van der Waals surface area contributed by atoms with Gasteiger partial charge in [-0.3, -0.25) is 4.79 Å². The normalized spacial score (nSPS) is 19.7. The first-order valence-electron chi connectivity index (χ1n) is 8.33. The number of halogens is 5. The predicted octanol–water partition coefficient (Wildman–Crippen LogP) is 5.34. The van der Waals surface area contributed by atoms with Gasteiger partial charge in [-0.25, -0.2) is 0 Å². The van der Waals surface area contributed by atoms with Crippen molar-refractivity contribution >= 4 is 29.1 Å². The molecule has 0 aromatic heterocycles. The fraction of sp³-hybridized carbons (Fsp3) is 0.316. The highest BCUT2D eigenvalue weighted by Gasteiger charge is 2.39. The molecule has 28 heavy (non-hydrogen) atoms. The second-order valence-corrected chi connectivity index (χ2v) is 7.13. The van der Waals surface area contributed by atoms with Crippen LogP contribution < -0.4 is 4.74 Å². The third-order valence-electron chi connectivity index (χ3n) is 4.24. The van der Waals surface area contributed by atoms with Crippen LogP contribution >= 0.6 is 23.2 Å². The highest BCUT2D eigenvalue weighted by molar-refractivity contribution is 6.31. The molecule has 1 aliphatic rings. The van der Waals surface area contributed by atoms with Gasteiger partial charge in [0.05, 0.1) is 17.1 Å². The molecule has 9 heteroatoms. The summed E-state index contributed by atoms with van der Waals surface area (Å²) in [6.45, 7) is 1.65. The van der Waals surface area contributed by atoms with E-state index in [1.54, 1.807) is 24.3 Å². The smallest absolute Gasteiger partial charge is 0.417 e. The standard InChI is InChI=1S/C19H16Cl2F3NO3/c1-11(26)25-9-15(10-27-14-5-3-13(20)4-6-14)28-18(25)12-2-7-17(21)16(8-12)19(22,23)24/h2-8,15,18H,9-10H2,1H3/t15-,18+/m0/s1. The van der Waals surface area contributed by atoms with E-state index in [4.69, 9.17) is 32.7 Å². The number of nitrogens with zero attached hydrogens (tertiary/aromatic N) is 1. The fourth-order valence-electron chi connectivity index (χ4n) is 2.89. The minimum atomic E-state index is -4.61. The van der Waals surface area contributed by atoms with Gasteiger partial charge in [-0.1, -0.05) is 29.3 Å². The van der Waals surface area contributed by atoms with Gasteiger partial charge >= 0.3 is 6.18 Å². The molecule has 0 radical (unpaired) electrons. The molecule has 2 aromatic rings. The van der Waals surface area contributed by atoms with Crippen LogP contribution in [0.1, 0.15) is 24.3 Å². The number of hydrogen-bond donors (Lipinski definition) is 0. The zero-order valence-electron chi connectivity index (χ0n) is 14.7. The third-order valence-corrected chi connectivity index (χ3v) is 4.82. The highest BCUT2D eigenvalue weighted by Crippen LogP contribution is 2.38. The summed E-state index contributed by atoms with van der Waals surface area (Å²) in [6, 6.07) is 10.2. The number of hydrogen-bond acceptors (Lipinski definition) is 3. The minimum Gasteiger partial charge on any atom is -0.491 e. The monoisotopic (exact) mass is 433 g/mol. The van der Waals surface area contributed by atoms with E-state index >= 15 is 0 Å². The summed E-state index contributed by atoms with van der Waals surface area (Å²) in [5.41, 5.74) is -0.777. The first-order valence-corrected chi connectivity index (χ1v) is 9.08. The Kier molecular flexibility index (Phi) is 6.07. The molecule has 1 saturated heterocycles. The summed E-state index contributed by atoms with van der Waals surface area (Å²) in [5.74, 6) is 0.249. The average molecular weight is 434 g/mol. The largest absolute Gasteiger partial charge is 0.491 e. The second kappa shape index (κ2) is 8.19. The molecule has 0 bridgehead atoms. The van der Waals surface area contributed by atoms with Gasteiger partial charge in [0.1, 0.15) is 18.5 Å². The maximum absolute atomic E-state index is 13.1. The van der Waals surface area contributed by atoms with Crippen LogP contribution in [-0.2, 0) is 15.7 Å². The number of rotatable bonds is 4. The van der Waals surface area contributed by atoms with Crippen molar-refractivity contribution in [3.8, 4) is 5.75 Å². The molecule has 0 saturated carbocycles. The van der Waals surface area contributed by atoms with Crippen molar-refractivity contribution in [2.75, 3.05) is 13.2 Å². The Hall–Kier alpha value is -1.96. The Bertz CT molecular complexity index is 858. The van der Waals surface area contributed by atoms with Gasteiger partial charge < -0.3 is 14.4 Å². The molecular formula is C19H16Cl2F3NO3. The number of benzene rings is 2. The summed E-state index contributed by atoms with van der Waals surface area (Å²) in [6.07, 6.45) is -6.06. The molecule has 1 fully saturated rings. The van der Waals surface area contributed by atoms with E-state index in [-0.39, 0.29) is 24.6 Å². The van der Waals surface area contributed by atoms with E-state index < -0.39 is 29.1 Å². The van der Waals surface area contributed by atoms with Crippen molar-refractivity contribution in [3.63, 3.8) is 0 Å². The Morgan fingerprint density at radius 1 is 1.21 bits per heavy atom. The molecule has 1 amide bonds. The SMILES string of the molecule is CC(=O)N1C[C@@H](COc2ccc(Cl)cc2)O[C@@H]1c1ccc(Cl)c(C(F)(F)F)c1. The van der Waals surface area contributed by atoms with Gasteiger partial charge in [0.15, 0.2) is 6.23 Å². The third kappa shape index (κ3) is 4.71. The van der Waals surface area contributed by atoms with Crippen molar-refractivity contribution in [1.82, 2.24) is 4.90 Å². The Labute approximate surface area is 169 Å². The lowest BCUT2D eigenvalue weighted by atomic mass is 10.1. The number of alkyl halides is 3. The van der Waals surface area contributed by atoms with Gasteiger partial charge in [0.2, 0.25) is 5.91 Å². The van der Waals surface area contributed by atoms with Crippen molar-refractivity contribution in [1.29, 1.82) is 0 Å². The Morgan fingerprint density at radius 3 is 2.50 bits per heavy atom. The zero-order valence-corrected chi connectivity index (χ0v) is 16.2. The molecule has 0 unspecified atom stereocenters. The second-order valence-electron chi connectivity index (χ2n) is 6.28. The van der Waals surface area contributed by atoms with E-state index in [0.717, 1.165) is 12.1 Å². The van der Waals surface area contributed by atoms with Gasteiger partial charge in [-0.2, -0.15) is 13.2 Å². The summed E-state index contributed by atoms with van der Waals surface area (Å²) in [4.78, 5) is 13.3. The van der Waals surface area contributed by atoms with E-state index in [1.807, 2.05) is 0 Å². The lowest BCUT2D eigenvalue weighted by Gasteiger charge is -2.22. The van der Waals surface area contributed by atoms with Gasteiger partial charge in [-0.05, 0) is 36.4 Å². The fourth-order valence-corrected chi connectivity index (χ4v) is 3.24. The predicted molar refractivity (Wildman–Crippen MR) is 98.4 cm³/mol. The molecular weight excluding hydrogens is 418 g/mol. The van der Waals surface area contributed by atoms with Gasteiger partial charge in [0, 0.05) is 17.5 Å². The molecule has 0 N–H and O–H groups in total. The molecule has 2 atom stereocenters. The van der Waals surface area contributed by atoms with Crippen LogP contribution in [0.15, 0.2) is 42.5 Å². The zero-order chi connectivity index (χ0) is 20.5. The average Bonchev–Trinajstić information content (AvgIpc) is 3.05. The van der Waals surface area contributed by atoms with Crippen molar-refractivity contribution < 1.29 is 27.4 Å². The number of ether oxygens (including phenoxy) is 2. The van der Waals surface area contributed by atoms with Crippen molar-refractivity contribution in [2.24, 2.45) is 0 Å². The number of carbonyl (C=O) groups is 1. The molecule has 3 rings (SSSR count). The Balaban J connectivity index is 1.77. The Morgan fingerprint density at radius 2 is 1.89 bits per heavy atom. The summed E-state index contributed by atoms with van der Waals surface area (Å²) in [7, 11) is 0. The topological polar surface area (TPSA) is 38.8 Å². The summed E-state index contributed by atoms with van der Waals surface area (Å²) < 4.78 is 50.9. The molecule has 0 spiro atoms. The van der Waals surface area contributed by atoms with Crippen LogP contribution in [0.25, 0.3) is 0 Å². The van der Waals surface area contributed by atoms with E-state index in [2.05, 4.69) is 0 Å². The maximum Gasteiger partial charge on any atom is 0.417 e. The molecule has 4 nitrogen and oxygen atoms in total. The van der Waals surface area contributed by atoms with Crippen LogP contribution in [0.4, 0.5) is 13.2 Å². The number of amides is 1. The maximum atomic E-state index is 13.1. The summed E-state index contributed by atoms with van der Waals surface area (Å²) >= 11 is 11.5. The van der Waals surface area contributed by atoms with Crippen LogP contribution in [-0.4, -0.2) is 30.1 Å². The first kappa shape index (κ1) is 20.8. The lowest BCUT2D eigenvalue weighted by molar-refractivity contribution is -0.137. The highest BCUT2D eigenvalue weighted by atomic mass is 35.5. The van der Waals surface area contributed by atoms with Crippen LogP contribution in [0.3, 0.4) is 0 Å². The van der Waals surface area contributed by atoms with Crippen molar-refractivity contribution in [3.05, 3.63) is 63.6 Å².